The van der Waals surface area contributed by atoms with Crippen LogP contribution < -0.4 is 0 Å². The summed E-state index contributed by atoms with van der Waals surface area (Å²) in [6.45, 7) is 4.11. The highest BCUT2D eigenvalue weighted by Crippen LogP contribution is 1.98. The van der Waals surface area contributed by atoms with Gasteiger partial charge in [-0.1, -0.05) is 13.8 Å². The Morgan fingerprint density at radius 1 is 1.54 bits per heavy atom. The summed E-state index contributed by atoms with van der Waals surface area (Å²) in [6.07, 6.45) is -0.372. The van der Waals surface area contributed by atoms with Crippen LogP contribution in [0.5, 0.6) is 0 Å². The number of nitrogens with zero attached hydrogens (tertiary/aromatic N) is 1. The van der Waals surface area contributed by atoms with Crippen molar-refractivity contribution in [2.75, 3.05) is 19.8 Å². The Labute approximate surface area is 77.9 Å². The smallest absolute Gasteiger partial charge is 0.433 e. The molecule has 2 N–H and O–H groups in total. The molecule has 0 spiro atoms. The van der Waals surface area contributed by atoms with Gasteiger partial charge in [-0.2, -0.15) is 5.06 Å². The first-order chi connectivity index (χ1) is 6.07. The lowest BCUT2D eigenvalue weighted by molar-refractivity contribution is -0.0812. The van der Waals surface area contributed by atoms with E-state index in [1.54, 1.807) is 0 Å². The van der Waals surface area contributed by atoms with Crippen molar-refractivity contribution in [2.24, 2.45) is 5.92 Å². The van der Waals surface area contributed by atoms with E-state index in [0.29, 0.717) is 11.5 Å². The molecule has 0 aromatic heterocycles. The highest BCUT2D eigenvalue weighted by atomic mass is 16.6. The lowest BCUT2D eigenvalue weighted by Gasteiger charge is -2.16. The molecule has 78 valence electrons. The first kappa shape index (κ1) is 12.2. The number of hydroxylamine groups is 2. The van der Waals surface area contributed by atoms with Crippen molar-refractivity contribution in [2.45, 2.75) is 20.3 Å². The maximum atomic E-state index is 10.9. The number of aliphatic hydroxyl groups excluding tert-OH is 1. The fourth-order valence-electron chi connectivity index (χ4n) is 0.719. The molecule has 0 rings (SSSR count). The predicted molar refractivity (Wildman–Crippen MR) is 46.4 cm³/mol. The van der Waals surface area contributed by atoms with Gasteiger partial charge in [0, 0.05) is 13.0 Å². The van der Waals surface area contributed by atoms with Gasteiger partial charge in [0.05, 0.1) is 13.2 Å². The van der Waals surface area contributed by atoms with Gasteiger partial charge in [0.2, 0.25) is 0 Å². The average Bonchev–Trinajstić information content (AvgIpc) is 2.03. The molecular weight excluding hydrogens is 174 g/mol. The number of aliphatic hydroxyl groups is 1. The Kier molecular flexibility index (Phi) is 6.26. The fourth-order valence-corrected chi connectivity index (χ4v) is 0.719. The molecule has 0 radical (unpaired) electrons. The quantitative estimate of drug-likeness (QED) is 0.384. The number of amides is 1. The standard InChI is InChI=1S/C8H17NO4/c1-7(2)6-9(12)8(11)13-5-3-4-10/h7,10,12H,3-6H2,1-2H3. The topological polar surface area (TPSA) is 70.0 Å². The molecule has 0 fully saturated rings. The molecule has 5 heteroatoms. The molecule has 0 aliphatic heterocycles. The maximum Gasteiger partial charge on any atom is 0.433 e. The summed E-state index contributed by atoms with van der Waals surface area (Å²) in [7, 11) is 0. The Bertz CT molecular complexity index is 149. The van der Waals surface area contributed by atoms with Crippen LogP contribution in [-0.2, 0) is 4.74 Å². The second kappa shape index (κ2) is 6.68. The van der Waals surface area contributed by atoms with Crippen LogP contribution in [-0.4, -0.2) is 41.2 Å². The predicted octanol–water partition coefficient (Wildman–Crippen LogP) is 0.853. The number of carbonyl (C=O) groups excluding carboxylic acids is 1. The van der Waals surface area contributed by atoms with E-state index in [1.807, 2.05) is 13.8 Å². The molecule has 5 nitrogen and oxygen atoms in total. The van der Waals surface area contributed by atoms with Crippen molar-refractivity contribution in [3.05, 3.63) is 0 Å². The van der Waals surface area contributed by atoms with Crippen LogP contribution in [0.4, 0.5) is 4.79 Å². The molecule has 0 saturated heterocycles. The zero-order chi connectivity index (χ0) is 10.3. The molecule has 0 unspecified atom stereocenters. The third-order valence-electron chi connectivity index (χ3n) is 1.28. The second-order valence-electron chi connectivity index (χ2n) is 3.17. The molecule has 13 heavy (non-hydrogen) atoms. The summed E-state index contributed by atoms with van der Waals surface area (Å²) >= 11 is 0. The van der Waals surface area contributed by atoms with Gasteiger partial charge in [-0.3, -0.25) is 5.21 Å². The highest BCUT2D eigenvalue weighted by molar-refractivity contribution is 5.65. The van der Waals surface area contributed by atoms with Crippen LogP contribution >= 0.6 is 0 Å². The van der Waals surface area contributed by atoms with Crippen LogP contribution in [0.3, 0.4) is 0 Å². The molecule has 0 aliphatic rings. The Balaban J connectivity index is 3.57. The van der Waals surface area contributed by atoms with Gasteiger partial charge in [-0.25, -0.2) is 4.79 Å². The highest BCUT2D eigenvalue weighted by Gasteiger charge is 2.12. The summed E-state index contributed by atoms with van der Waals surface area (Å²) in [4.78, 5) is 10.9. The van der Waals surface area contributed by atoms with Crippen molar-refractivity contribution >= 4 is 6.09 Å². The molecule has 0 aliphatic carbocycles. The minimum atomic E-state index is -0.762. The first-order valence-electron chi connectivity index (χ1n) is 4.32. The number of ether oxygens (including phenoxy) is 1. The lowest BCUT2D eigenvalue weighted by atomic mass is 10.2. The number of carbonyl (C=O) groups is 1. The fraction of sp³-hybridized carbons (Fsp3) is 0.875. The Morgan fingerprint density at radius 2 is 2.15 bits per heavy atom. The SMILES string of the molecule is CC(C)CN(O)C(=O)OCCCO. The first-order valence-corrected chi connectivity index (χ1v) is 4.32. The van der Waals surface area contributed by atoms with Gasteiger partial charge in [0.15, 0.2) is 0 Å². The number of hydrogen-bond acceptors (Lipinski definition) is 4. The van der Waals surface area contributed by atoms with Crippen molar-refractivity contribution in [3.8, 4) is 0 Å². The van der Waals surface area contributed by atoms with E-state index in [9.17, 15) is 4.79 Å². The van der Waals surface area contributed by atoms with E-state index in [2.05, 4.69) is 4.74 Å². The van der Waals surface area contributed by atoms with Crippen molar-refractivity contribution in [1.29, 1.82) is 0 Å². The van der Waals surface area contributed by atoms with Gasteiger partial charge in [-0.15, -0.1) is 0 Å². The van der Waals surface area contributed by atoms with Crippen LogP contribution in [0.25, 0.3) is 0 Å². The Morgan fingerprint density at radius 3 is 2.62 bits per heavy atom. The van der Waals surface area contributed by atoms with E-state index in [0.717, 1.165) is 0 Å². The Hall–Kier alpha value is -0.810. The summed E-state index contributed by atoms with van der Waals surface area (Å²) in [5.41, 5.74) is 0. The maximum absolute atomic E-state index is 10.9. The number of rotatable bonds is 5. The zero-order valence-corrected chi connectivity index (χ0v) is 8.06. The molecule has 0 bridgehead atoms. The normalized spacial score (nSPS) is 10.2. The average molecular weight is 191 g/mol. The van der Waals surface area contributed by atoms with E-state index in [4.69, 9.17) is 10.3 Å². The monoisotopic (exact) mass is 191 g/mol. The molecule has 0 aromatic carbocycles. The zero-order valence-electron chi connectivity index (χ0n) is 8.06. The summed E-state index contributed by atoms with van der Waals surface area (Å²) in [5.74, 6) is 0.190. The third kappa shape index (κ3) is 6.36. The van der Waals surface area contributed by atoms with E-state index < -0.39 is 6.09 Å². The van der Waals surface area contributed by atoms with E-state index in [-0.39, 0.29) is 25.7 Å². The van der Waals surface area contributed by atoms with E-state index in [1.165, 1.54) is 0 Å². The van der Waals surface area contributed by atoms with Crippen LogP contribution in [0.2, 0.25) is 0 Å². The second-order valence-corrected chi connectivity index (χ2v) is 3.17. The molecular formula is C8H17NO4. The lowest BCUT2D eigenvalue weighted by Crippen LogP contribution is -2.31. The van der Waals surface area contributed by atoms with Gasteiger partial charge in [0.25, 0.3) is 0 Å². The molecule has 1 amide bonds. The minimum Gasteiger partial charge on any atom is -0.448 e. The van der Waals surface area contributed by atoms with Gasteiger partial charge < -0.3 is 9.84 Å². The number of hydrogen-bond donors (Lipinski definition) is 2. The molecule has 0 saturated carbocycles. The molecule has 0 heterocycles. The third-order valence-corrected chi connectivity index (χ3v) is 1.28. The van der Waals surface area contributed by atoms with Crippen molar-refractivity contribution in [3.63, 3.8) is 0 Å². The van der Waals surface area contributed by atoms with Crippen molar-refractivity contribution < 1.29 is 19.8 Å². The van der Waals surface area contributed by atoms with E-state index >= 15 is 0 Å². The summed E-state index contributed by atoms with van der Waals surface area (Å²) in [6, 6.07) is 0. The minimum absolute atomic E-state index is 0.0249. The molecule has 0 atom stereocenters. The van der Waals surface area contributed by atoms with Gasteiger partial charge >= 0.3 is 6.09 Å². The van der Waals surface area contributed by atoms with Gasteiger partial charge in [-0.05, 0) is 5.92 Å². The molecule has 0 aromatic rings. The van der Waals surface area contributed by atoms with Crippen molar-refractivity contribution in [1.82, 2.24) is 5.06 Å². The van der Waals surface area contributed by atoms with Crippen LogP contribution in [0.15, 0.2) is 0 Å². The van der Waals surface area contributed by atoms with Crippen LogP contribution in [0, 0.1) is 5.92 Å². The van der Waals surface area contributed by atoms with Crippen LogP contribution in [0.1, 0.15) is 20.3 Å². The van der Waals surface area contributed by atoms with Gasteiger partial charge in [0.1, 0.15) is 0 Å². The summed E-state index contributed by atoms with van der Waals surface area (Å²) in [5, 5.41) is 18.0. The largest absolute Gasteiger partial charge is 0.448 e. The summed E-state index contributed by atoms with van der Waals surface area (Å²) < 4.78 is 4.62.